The van der Waals surface area contributed by atoms with Gasteiger partial charge in [0, 0.05) is 16.0 Å². The van der Waals surface area contributed by atoms with Crippen molar-refractivity contribution in [2.75, 3.05) is 5.73 Å². The van der Waals surface area contributed by atoms with Gasteiger partial charge >= 0.3 is 0 Å². The number of halogens is 1. The highest BCUT2D eigenvalue weighted by Crippen LogP contribution is 2.26. The number of nitrogen functional groups attached to an aromatic ring is 1. The standard InChI is InChI=1S/C10H6BrN5OS/c11-5-2-1-3-13-7(5)8-15-9(17-16-8)6-4-18-10(12)14-6/h1-4H,(H2,12,14). The Hall–Kier alpha value is -1.80. The quantitative estimate of drug-likeness (QED) is 0.779. The molecule has 3 rings (SSSR count). The summed E-state index contributed by atoms with van der Waals surface area (Å²) >= 11 is 4.71. The molecule has 0 aliphatic heterocycles. The van der Waals surface area contributed by atoms with Crippen LogP contribution in [0.2, 0.25) is 0 Å². The third-order valence-electron chi connectivity index (χ3n) is 2.14. The van der Waals surface area contributed by atoms with Gasteiger partial charge in [-0.2, -0.15) is 4.98 Å². The monoisotopic (exact) mass is 323 g/mol. The number of rotatable bonds is 2. The van der Waals surface area contributed by atoms with Crippen molar-refractivity contribution in [2.45, 2.75) is 0 Å². The minimum atomic E-state index is 0.329. The van der Waals surface area contributed by atoms with Crippen LogP contribution < -0.4 is 5.73 Å². The van der Waals surface area contributed by atoms with E-state index < -0.39 is 0 Å². The van der Waals surface area contributed by atoms with Gasteiger partial charge in [-0.3, -0.25) is 4.98 Å². The highest BCUT2D eigenvalue weighted by Gasteiger charge is 2.15. The normalized spacial score (nSPS) is 10.7. The van der Waals surface area contributed by atoms with Crippen LogP contribution in [-0.2, 0) is 0 Å². The maximum Gasteiger partial charge on any atom is 0.277 e. The van der Waals surface area contributed by atoms with Gasteiger partial charge in [0.05, 0.1) is 0 Å². The summed E-state index contributed by atoms with van der Waals surface area (Å²) in [6, 6.07) is 3.68. The lowest BCUT2D eigenvalue weighted by atomic mass is 10.3. The highest BCUT2D eigenvalue weighted by atomic mass is 79.9. The fourth-order valence-corrected chi connectivity index (χ4v) is 2.33. The number of pyridine rings is 1. The Morgan fingerprint density at radius 2 is 2.22 bits per heavy atom. The molecule has 0 radical (unpaired) electrons. The molecule has 8 heteroatoms. The SMILES string of the molecule is Nc1nc(-c2nc(-c3ncccc3Br)no2)cs1. The summed E-state index contributed by atoms with van der Waals surface area (Å²) in [5, 5.41) is 6.10. The third kappa shape index (κ3) is 2.00. The minimum absolute atomic E-state index is 0.329. The highest BCUT2D eigenvalue weighted by molar-refractivity contribution is 9.10. The summed E-state index contributed by atoms with van der Waals surface area (Å²) in [6.45, 7) is 0. The lowest BCUT2D eigenvalue weighted by Gasteiger charge is -1.94. The van der Waals surface area contributed by atoms with Gasteiger partial charge in [0.15, 0.2) is 5.13 Å². The summed E-state index contributed by atoms with van der Waals surface area (Å²) in [4.78, 5) is 12.5. The van der Waals surface area contributed by atoms with Gasteiger partial charge in [-0.05, 0) is 28.1 Å². The lowest BCUT2D eigenvalue weighted by Crippen LogP contribution is -1.87. The minimum Gasteiger partial charge on any atom is -0.375 e. The second-order valence-corrected chi connectivity index (χ2v) is 5.07. The molecule has 0 unspecified atom stereocenters. The van der Waals surface area contributed by atoms with Crippen LogP contribution in [0.4, 0.5) is 5.13 Å². The topological polar surface area (TPSA) is 90.7 Å². The van der Waals surface area contributed by atoms with E-state index in [4.69, 9.17) is 10.3 Å². The van der Waals surface area contributed by atoms with Crippen LogP contribution in [0.5, 0.6) is 0 Å². The molecule has 6 nitrogen and oxygen atoms in total. The summed E-state index contributed by atoms with van der Waals surface area (Å²) in [6.07, 6.45) is 1.66. The second-order valence-electron chi connectivity index (χ2n) is 3.33. The average molecular weight is 324 g/mol. The number of nitrogens with zero attached hydrogens (tertiary/aromatic N) is 4. The van der Waals surface area contributed by atoms with E-state index in [1.54, 1.807) is 11.6 Å². The Kier molecular flexibility index (Phi) is 2.80. The van der Waals surface area contributed by atoms with Crippen LogP contribution >= 0.6 is 27.3 Å². The van der Waals surface area contributed by atoms with Crippen LogP contribution in [0, 0.1) is 0 Å². The molecule has 2 N–H and O–H groups in total. The third-order valence-corrected chi connectivity index (χ3v) is 3.45. The second kappa shape index (κ2) is 4.46. The fourth-order valence-electron chi connectivity index (χ4n) is 1.36. The maximum atomic E-state index is 5.56. The first-order valence-corrected chi connectivity index (χ1v) is 6.57. The zero-order chi connectivity index (χ0) is 12.5. The number of hydrogen-bond acceptors (Lipinski definition) is 7. The number of thiazole rings is 1. The van der Waals surface area contributed by atoms with Crippen molar-refractivity contribution < 1.29 is 4.52 Å². The van der Waals surface area contributed by atoms with Gasteiger partial charge in [0.1, 0.15) is 11.4 Å². The summed E-state index contributed by atoms with van der Waals surface area (Å²) < 4.78 is 5.94. The number of aromatic nitrogens is 4. The van der Waals surface area contributed by atoms with E-state index in [0.29, 0.717) is 28.2 Å². The van der Waals surface area contributed by atoms with Crippen LogP contribution in [0.3, 0.4) is 0 Å². The Balaban J connectivity index is 2.02. The molecule has 0 bridgehead atoms. The Bertz CT molecular complexity index is 695. The van der Waals surface area contributed by atoms with Crippen molar-refractivity contribution in [3.63, 3.8) is 0 Å². The zero-order valence-corrected chi connectivity index (χ0v) is 11.3. The molecular weight excluding hydrogens is 318 g/mol. The maximum absolute atomic E-state index is 5.56. The molecule has 3 aromatic heterocycles. The Morgan fingerprint density at radius 1 is 1.33 bits per heavy atom. The molecule has 90 valence electrons. The zero-order valence-electron chi connectivity index (χ0n) is 8.87. The largest absolute Gasteiger partial charge is 0.375 e. The van der Waals surface area contributed by atoms with E-state index in [1.165, 1.54) is 11.3 Å². The molecule has 0 fully saturated rings. The molecule has 0 amide bonds. The van der Waals surface area contributed by atoms with Crippen LogP contribution in [-0.4, -0.2) is 20.1 Å². The van der Waals surface area contributed by atoms with Crippen molar-refractivity contribution in [3.05, 3.63) is 28.2 Å². The molecule has 18 heavy (non-hydrogen) atoms. The molecule has 0 spiro atoms. The molecule has 0 aromatic carbocycles. The Labute approximate surface area is 114 Å². The van der Waals surface area contributed by atoms with Gasteiger partial charge in [0.25, 0.3) is 5.89 Å². The summed E-state index contributed by atoms with van der Waals surface area (Å²) in [5.74, 6) is 0.736. The molecule has 0 saturated carbocycles. The molecule has 0 aliphatic carbocycles. The number of anilines is 1. The van der Waals surface area contributed by atoms with Crippen molar-refractivity contribution in [1.82, 2.24) is 20.1 Å². The average Bonchev–Trinajstić information content (AvgIpc) is 2.98. The lowest BCUT2D eigenvalue weighted by molar-refractivity contribution is 0.431. The smallest absolute Gasteiger partial charge is 0.277 e. The van der Waals surface area contributed by atoms with Gasteiger partial charge < -0.3 is 10.3 Å². The molecular formula is C10H6BrN5OS. The molecule has 0 aliphatic rings. The summed E-state index contributed by atoms with van der Waals surface area (Å²) in [5.41, 5.74) is 6.75. The summed E-state index contributed by atoms with van der Waals surface area (Å²) in [7, 11) is 0. The van der Waals surface area contributed by atoms with Crippen molar-refractivity contribution in [3.8, 4) is 23.1 Å². The van der Waals surface area contributed by atoms with E-state index in [2.05, 4.69) is 36.0 Å². The van der Waals surface area contributed by atoms with Gasteiger partial charge in [-0.1, -0.05) is 5.16 Å². The fraction of sp³-hybridized carbons (Fsp3) is 0. The van der Waals surface area contributed by atoms with E-state index in [-0.39, 0.29) is 0 Å². The predicted molar refractivity (Wildman–Crippen MR) is 70.7 cm³/mol. The molecule has 3 aromatic rings. The van der Waals surface area contributed by atoms with E-state index in [1.807, 2.05) is 12.1 Å². The first-order chi connectivity index (χ1) is 8.74. The van der Waals surface area contributed by atoms with Crippen molar-refractivity contribution in [2.24, 2.45) is 0 Å². The van der Waals surface area contributed by atoms with E-state index >= 15 is 0 Å². The van der Waals surface area contributed by atoms with Gasteiger partial charge in [-0.15, -0.1) is 11.3 Å². The van der Waals surface area contributed by atoms with Crippen LogP contribution in [0.15, 0.2) is 32.7 Å². The van der Waals surface area contributed by atoms with Crippen molar-refractivity contribution >= 4 is 32.4 Å². The van der Waals surface area contributed by atoms with Gasteiger partial charge in [-0.25, -0.2) is 4.98 Å². The van der Waals surface area contributed by atoms with Gasteiger partial charge in [0.2, 0.25) is 5.82 Å². The van der Waals surface area contributed by atoms with Crippen LogP contribution in [0.1, 0.15) is 0 Å². The molecule has 0 atom stereocenters. The first kappa shape index (κ1) is 11.3. The molecule has 0 saturated heterocycles. The van der Waals surface area contributed by atoms with E-state index in [0.717, 1.165) is 4.47 Å². The number of nitrogens with two attached hydrogens (primary N) is 1. The van der Waals surface area contributed by atoms with E-state index in [9.17, 15) is 0 Å². The first-order valence-electron chi connectivity index (χ1n) is 4.90. The molecule has 3 heterocycles. The Morgan fingerprint density at radius 3 is 2.94 bits per heavy atom. The number of hydrogen-bond donors (Lipinski definition) is 1. The van der Waals surface area contributed by atoms with Crippen LogP contribution in [0.25, 0.3) is 23.1 Å². The predicted octanol–water partition coefficient (Wildman–Crippen LogP) is 2.60. The van der Waals surface area contributed by atoms with Crippen molar-refractivity contribution in [1.29, 1.82) is 0 Å².